The second kappa shape index (κ2) is 9.58. The van der Waals surface area contributed by atoms with Crippen LogP contribution in [0.4, 0.5) is 11.9 Å². The van der Waals surface area contributed by atoms with Crippen molar-refractivity contribution >= 4 is 34.7 Å². The maximum atomic E-state index is 13.0. The van der Waals surface area contributed by atoms with E-state index in [4.69, 9.17) is 0 Å². The topological polar surface area (TPSA) is 128 Å². The molecule has 3 heterocycles. The van der Waals surface area contributed by atoms with Crippen LogP contribution in [0.5, 0.6) is 0 Å². The lowest BCUT2D eigenvalue weighted by Gasteiger charge is -2.15. The number of nitrogens with zero attached hydrogens (tertiary/aromatic N) is 3. The van der Waals surface area contributed by atoms with Gasteiger partial charge in [0.2, 0.25) is 11.9 Å². The van der Waals surface area contributed by atoms with Gasteiger partial charge in [-0.2, -0.15) is 0 Å². The molecule has 2 amide bonds. The zero-order valence-electron chi connectivity index (χ0n) is 18.4. The van der Waals surface area contributed by atoms with E-state index in [1.165, 1.54) is 19.3 Å². The summed E-state index contributed by atoms with van der Waals surface area (Å²) in [6.07, 6.45) is 10.6. The molecule has 0 bridgehead atoms. The number of amides is 2. The van der Waals surface area contributed by atoms with E-state index < -0.39 is 5.91 Å². The first-order valence-electron chi connectivity index (χ1n) is 11.2. The molecule has 0 atom stereocenters. The Labute approximate surface area is 195 Å². The van der Waals surface area contributed by atoms with Crippen molar-refractivity contribution in [3.63, 3.8) is 0 Å². The van der Waals surface area contributed by atoms with Gasteiger partial charge in [0.1, 0.15) is 11.2 Å². The fraction of sp³-hybridized carbons (Fsp3) is 0.240. The summed E-state index contributed by atoms with van der Waals surface area (Å²) in [6, 6.07) is 8.75. The molecular weight excluding hydrogens is 430 g/mol. The Balaban J connectivity index is 1.36. The normalized spacial score (nSPS) is 13.8. The first-order chi connectivity index (χ1) is 16.7. The number of benzene rings is 1. The van der Waals surface area contributed by atoms with E-state index in [0.717, 1.165) is 12.8 Å². The van der Waals surface area contributed by atoms with Gasteiger partial charge < -0.3 is 9.97 Å². The summed E-state index contributed by atoms with van der Waals surface area (Å²) in [5.41, 5.74) is 2.21. The molecule has 4 aromatic rings. The van der Waals surface area contributed by atoms with Gasteiger partial charge in [0.15, 0.2) is 0 Å². The van der Waals surface area contributed by atoms with E-state index in [1.54, 1.807) is 48.9 Å². The molecule has 9 nitrogen and oxygen atoms in total. The van der Waals surface area contributed by atoms with E-state index in [-0.39, 0.29) is 17.5 Å². The predicted molar refractivity (Wildman–Crippen MR) is 128 cm³/mol. The van der Waals surface area contributed by atoms with E-state index in [1.807, 2.05) is 0 Å². The lowest BCUT2D eigenvalue weighted by atomic mass is 9.89. The van der Waals surface area contributed by atoms with Crippen LogP contribution < -0.4 is 10.6 Å². The average Bonchev–Trinajstić information content (AvgIpc) is 3.52. The number of para-hydroxylation sites is 1. The maximum Gasteiger partial charge on any atom is 0.277 e. The molecule has 5 rings (SSSR count). The van der Waals surface area contributed by atoms with Crippen molar-refractivity contribution in [1.82, 2.24) is 24.9 Å². The number of H-pyrrole nitrogens is 2. The molecule has 34 heavy (non-hydrogen) atoms. The molecule has 1 saturated carbocycles. The van der Waals surface area contributed by atoms with Crippen LogP contribution in [0.1, 0.15) is 58.5 Å². The Kier molecular flexibility index (Phi) is 6.03. The summed E-state index contributed by atoms with van der Waals surface area (Å²) < 4.78 is 0. The summed E-state index contributed by atoms with van der Waals surface area (Å²) in [7, 11) is 0. The number of nitrogens with one attached hydrogen (secondary N) is 4. The second-order valence-corrected chi connectivity index (χ2v) is 8.14. The van der Waals surface area contributed by atoms with Crippen molar-refractivity contribution < 1.29 is 9.59 Å². The third-order valence-corrected chi connectivity index (χ3v) is 5.76. The second-order valence-electron chi connectivity index (χ2n) is 8.14. The van der Waals surface area contributed by atoms with Crippen LogP contribution in [0.25, 0.3) is 11.0 Å². The van der Waals surface area contributed by atoms with Crippen LogP contribution in [0.15, 0.2) is 48.9 Å². The highest BCUT2D eigenvalue weighted by atomic mass is 16.2. The first-order valence-corrected chi connectivity index (χ1v) is 11.2. The fourth-order valence-corrected chi connectivity index (χ4v) is 4.06. The largest absolute Gasteiger partial charge is 0.331 e. The van der Waals surface area contributed by atoms with Gasteiger partial charge in [0.25, 0.3) is 11.8 Å². The minimum Gasteiger partial charge on any atom is -0.331 e. The molecule has 0 spiro atoms. The lowest BCUT2D eigenvalue weighted by molar-refractivity contribution is 0.101. The molecule has 170 valence electrons. The van der Waals surface area contributed by atoms with Crippen molar-refractivity contribution in [3.05, 3.63) is 65.7 Å². The Hall–Kier alpha value is -4.45. The van der Waals surface area contributed by atoms with Gasteiger partial charge in [-0.05, 0) is 37.1 Å². The van der Waals surface area contributed by atoms with Crippen LogP contribution in [-0.4, -0.2) is 36.7 Å². The minimum absolute atomic E-state index is 0.218. The van der Waals surface area contributed by atoms with E-state index in [0.29, 0.717) is 34.0 Å². The smallest absolute Gasteiger partial charge is 0.277 e. The molecule has 4 N–H and O–H groups in total. The molecule has 0 radical (unpaired) electrons. The number of carbonyl (C=O) groups is 2. The average molecular weight is 454 g/mol. The Bertz CT molecular complexity index is 1390. The molecular formula is C25H23N7O2. The van der Waals surface area contributed by atoms with Crippen molar-refractivity contribution in [3.8, 4) is 11.8 Å². The molecule has 1 aliphatic rings. The van der Waals surface area contributed by atoms with Gasteiger partial charge in [-0.15, -0.1) is 0 Å². The Morgan fingerprint density at radius 1 is 0.941 bits per heavy atom. The number of imidazole rings is 2. The number of hydrogen-bond acceptors (Lipinski definition) is 5. The first kappa shape index (κ1) is 21.4. The number of anilines is 2. The minimum atomic E-state index is -0.422. The van der Waals surface area contributed by atoms with E-state index >= 15 is 0 Å². The molecule has 0 aliphatic heterocycles. The number of pyridine rings is 1. The fourth-order valence-electron chi connectivity index (χ4n) is 4.06. The molecule has 1 fully saturated rings. The van der Waals surface area contributed by atoms with Gasteiger partial charge in [-0.3, -0.25) is 20.2 Å². The maximum absolute atomic E-state index is 13.0. The van der Waals surface area contributed by atoms with Crippen LogP contribution >= 0.6 is 0 Å². The van der Waals surface area contributed by atoms with E-state index in [9.17, 15) is 9.59 Å². The number of aromatic nitrogens is 5. The third kappa shape index (κ3) is 4.66. The molecule has 0 unspecified atom stereocenters. The van der Waals surface area contributed by atoms with Crippen LogP contribution in [-0.2, 0) is 0 Å². The standard InChI is InChI=1S/C25H23N7O2/c33-22(31-24-27-14-15-28-24)18-9-4-10-19-21(18)30-25(29-19)32-23(34)20-17(8-5-13-26-20)12-11-16-6-2-1-3-7-16/h4-5,8-10,13-16H,1-3,6-7H2,(H2,27,28,31,33)(H2,29,30,32,34). The highest BCUT2D eigenvalue weighted by molar-refractivity contribution is 6.11. The summed E-state index contributed by atoms with van der Waals surface area (Å²) in [5.74, 6) is 6.60. The summed E-state index contributed by atoms with van der Waals surface area (Å²) in [5, 5.41) is 5.43. The number of fused-ring (bicyclic) bond motifs is 1. The van der Waals surface area contributed by atoms with Gasteiger partial charge in [-0.25, -0.2) is 15.0 Å². The molecule has 1 aliphatic carbocycles. The van der Waals surface area contributed by atoms with Gasteiger partial charge in [0.05, 0.1) is 16.6 Å². The van der Waals surface area contributed by atoms with Crippen LogP contribution in [0.3, 0.4) is 0 Å². The molecule has 3 aromatic heterocycles. The van der Waals surface area contributed by atoms with E-state index in [2.05, 4.69) is 47.4 Å². The van der Waals surface area contributed by atoms with Crippen LogP contribution in [0, 0.1) is 17.8 Å². The summed E-state index contributed by atoms with van der Waals surface area (Å²) in [6.45, 7) is 0. The Morgan fingerprint density at radius 3 is 2.62 bits per heavy atom. The SMILES string of the molecule is O=C(Nc1nc2c(C(=O)Nc3ncc[nH]3)cccc2[nH]1)c1ncccc1C#CC1CCCCC1. The third-order valence-electron chi connectivity index (χ3n) is 5.76. The quantitative estimate of drug-likeness (QED) is 0.346. The van der Waals surface area contributed by atoms with Crippen LogP contribution in [0.2, 0.25) is 0 Å². The monoisotopic (exact) mass is 453 g/mol. The predicted octanol–water partition coefficient (Wildman–Crippen LogP) is 4.12. The van der Waals surface area contributed by atoms with Gasteiger partial charge in [0, 0.05) is 24.5 Å². The molecule has 1 aromatic carbocycles. The lowest BCUT2D eigenvalue weighted by Crippen LogP contribution is -2.16. The van der Waals surface area contributed by atoms with Crippen molar-refractivity contribution in [2.24, 2.45) is 5.92 Å². The number of carbonyl (C=O) groups excluding carboxylic acids is 2. The number of rotatable bonds is 4. The van der Waals surface area contributed by atoms with Crippen molar-refractivity contribution in [2.45, 2.75) is 32.1 Å². The summed E-state index contributed by atoms with van der Waals surface area (Å²) in [4.78, 5) is 44.2. The highest BCUT2D eigenvalue weighted by Gasteiger charge is 2.18. The number of hydrogen-bond donors (Lipinski definition) is 4. The molecule has 0 saturated heterocycles. The zero-order valence-corrected chi connectivity index (χ0v) is 18.4. The van der Waals surface area contributed by atoms with Gasteiger partial charge >= 0.3 is 0 Å². The van der Waals surface area contributed by atoms with Crippen molar-refractivity contribution in [2.75, 3.05) is 10.6 Å². The zero-order chi connectivity index (χ0) is 23.3. The highest BCUT2D eigenvalue weighted by Crippen LogP contribution is 2.23. The van der Waals surface area contributed by atoms with Crippen molar-refractivity contribution in [1.29, 1.82) is 0 Å². The Morgan fingerprint density at radius 2 is 1.79 bits per heavy atom. The van der Waals surface area contributed by atoms with Gasteiger partial charge in [-0.1, -0.05) is 37.2 Å². The molecule has 9 heteroatoms. The number of aromatic amines is 2. The summed E-state index contributed by atoms with van der Waals surface area (Å²) >= 11 is 0.